The summed E-state index contributed by atoms with van der Waals surface area (Å²) in [5, 5.41) is 4.23. The van der Waals surface area contributed by atoms with E-state index in [0.717, 1.165) is 62.1 Å². The zero-order valence-electron chi connectivity index (χ0n) is 27.9. The van der Waals surface area contributed by atoms with Crippen LogP contribution in [0.1, 0.15) is 95.7 Å². The molecule has 0 bridgehead atoms. The van der Waals surface area contributed by atoms with E-state index in [4.69, 9.17) is 0 Å². The molecule has 50 heavy (non-hydrogen) atoms. The SMILES string of the molecule is O=C1c2ccccc2C(=O)c2c1nc(C(F)(F)F)n2CCCCCCCCCCC[P+](c1ccccc1)(c1ccccc1)c1ccccc1.[I-]. The summed E-state index contributed by atoms with van der Waals surface area (Å²) in [4.78, 5) is 29.8. The number of ketones is 2. The number of alkyl halides is 3. The number of hydrogen-bond donors (Lipinski definition) is 0. The van der Waals surface area contributed by atoms with Crippen LogP contribution in [-0.4, -0.2) is 27.3 Å². The van der Waals surface area contributed by atoms with Gasteiger partial charge in [-0.1, -0.05) is 117 Å². The number of nitrogens with zero attached hydrogens (tertiary/aromatic N) is 2. The summed E-state index contributed by atoms with van der Waals surface area (Å²) < 4.78 is 42.7. The molecule has 260 valence electrons. The van der Waals surface area contributed by atoms with Gasteiger partial charge < -0.3 is 28.5 Å². The Morgan fingerprint density at radius 1 is 0.540 bits per heavy atom. The van der Waals surface area contributed by atoms with Crippen molar-refractivity contribution in [3.63, 3.8) is 0 Å². The standard InChI is InChI=1S/C41H41F3N2O2P.HI/c42-41(43,44)40-45-36-37(39(48)35-28-18-17-27-34(35)38(36)47)46(40)29-19-6-4-2-1-3-5-7-20-30-49(31-21-11-8-12-22-31,32-23-13-9-14-24-32)33-25-15-10-16-26-33;/h8-18,21-28H,1-7,19-20,29-30H2;1H/q+1;/p-1. The molecule has 1 aromatic heterocycles. The van der Waals surface area contributed by atoms with Crippen LogP contribution in [0.2, 0.25) is 0 Å². The van der Waals surface area contributed by atoms with Gasteiger partial charge in [-0.3, -0.25) is 9.59 Å². The second-order valence-electron chi connectivity index (χ2n) is 12.7. The highest BCUT2D eigenvalue weighted by Crippen LogP contribution is 2.56. The number of carbonyl (C=O) groups is 2. The first-order valence-electron chi connectivity index (χ1n) is 17.2. The molecule has 0 amide bonds. The zero-order valence-corrected chi connectivity index (χ0v) is 31.0. The molecular formula is C41H41F3IN2O2P. The molecular weight excluding hydrogens is 767 g/mol. The van der Waals surface area contributed by atoms with Crippen LogP contribution in [0.15, 0.2) is 115 Å². The predicted molar refractivity (Wildman–Crippen MR) is 192 cm³/mol. The Hall–Kier alpha value is -3.62. The summed E-state index contributed by atoms with van der Waals surface area (Å²) in [6.45, 7) is -0.00648. The molecule has 0 spiro atoms. The highest BCUT2D eigenvalue weighted by atomic mass is 127. The fraction of sp³-hybridized carbons (Fsp3) is 0.293. The van der Waals surface area contributed by atoms with E-state index in [1.165, 1.54) is 28.0 Å². The molecule has 0 unspecified atom stereocenters. The van der Waals surface area contributed by atoms with Crippen molar-refractivity contribution in [1.29, 1.82) is 0 Å². The average Bonchev–Trinajstić information content (AvgIpc) is 3.53. The van der Waals surface area contributed by atoms with Crippen molar-refractivity contribution in [3.05, 3.63) is 144 Å². The lowest BCUT2D eigenvalue weighted by Gasteiger charge is -2.27. The van der Waals surface area contributed by atoms with Crippen molar-refractivity contribution in [1.82, 2.24) is 9.55 Å². The number of aromatic nitrogens is 2. The maximum absolute atomic E-state index is 13.9. The smallest absolute Gasteiger partial charge is 0.449 e. The van der Waals surface area contributed by atoms with Gasteiger partial charge in [-0.25, -0.2) is 4.98 Å². The molecule has 0 aliphatic heterocycles. The fourth-order valence-corrected chi connectivity index (χ4v) is 11.6. The lowest BCUT2D eigenvalue weighted by atomic mass is 9.90. The van der Waals surface area contributed by atoms with Gasteiger partial charge in [0.2, 0.25) is 17.4 Å². The molecule has 4 aromatic carbocycles. The van der Waals surface area contributed by atoms with Crippen molar-refractivity contribution in [2.45, 2.75) is 70.5 Å². The Morgan fingerprint density at radius 3 is 1.40 bits per heavy atom. The maximum Gasteiger partial charge on any atom is 0.449 e. The van der Waals surface area contributed by atoms with E-state index in [0.29, 0.717) is 6.42 Å². The summed E-state index contributed by atoms with van der Waals surface area (Å²) in [5.41, 5.74) is -0.411. The number of unbranched alkanes of at least 4 members (excludes halogenated alkanes) is 8. The minimum Gasteiger partial charge on any atom is -1.00 e. The zero-order chi connectivity index (χ0) is 34.3. The van der Waals surface area contributed by atoms with E-state index in [-0.39, 0.29) is 47.3 Å². The molecule has 9 heteroatoms. The molecule has 1 aliphatic carbocycles. The van der Waals surface area contributed by atoms with Gasteiger partial charge in [0.25, 0.3) is 0 Å². The monoisotopic (exact) mass is 808 g/mol. The third kappa shape index (κ3) is 7.97. The Labute approximate surface area is 309 Å². The van der Waals surface area contributed by atoms with Crippen molar-refractivity contribution < 1.29 is 46.7 Å². The number of fused-ring (bicyclic) bond motifs is 2. The minimum atomic E-state index is -4.77. The molecule has 0 N–H and O–H groups in total. The summed E-state index contributed by atoms with van der Waals surface area (Å²) in [5.74, 6) is -2.39. The topological polar surface area (TPSA) is 52.0 Å². The Kier molecular flexibility index (Phi) is 12.8. The van der Waals surface area contributed by atoms with Crippen molar-refractivity contribution >= 4 is 34.7 Å². The molecule has 0 saturated heterocycles. The molecule has 1 aliphatic rings. The third-order valence-corrected chi connectivity index (χ3v) is 14.1. The van der Waals surface area contributed by atoms with Gasteiger partial charge in [0, 0.05) is 17.7 Å². The first-order chi connectivity index (χ1) is 23.8. The third-order valence-electron chi connectivity index (χ3n) is 9.53. The van der Waals surface area contributed by atoms with Crippen LogP contribution in [0.5, 0.6) is 0 Å². The highest BCUT2D eigenvalue weighted by molar-refractivity contribution is 7.95. The second kappa shape index (κ2) is 17.1. The van der Waals surface area contributed by atoms with Gasteiger partial charge in [-0.05, 0) is 55.7 Å². The molecule has 0 radical (unpaired) electrons. The van der Waals surface area contributed by atoms with Crippen LogP contribution >= 0.6 is 7.26 Å². The van der Waals surface area contributed by atoms with Crippen molar-refractivity contribution in [3.8, 4) is 0 Å². The number of imidazole rings is 1. The summed E-state index contributed by atoms with van der Waals surface area (Å²) in [6.07, 6.45) is 5.09. The van der Waals surface area contributed by atoms with Gasteiger partial charge >= 0.3 is 6.18 Å². The van der Waals surface area contributed by atoms with E-state index < -0.39 is 36.5 Å². The largest absolute Gasteiger partial charge is 1.00 e. The highest BCUT2D eigenvalue weighted by Gasteiger charge is 2.45. The van der Waals surface area contributed by atoms with Crippen LogP contribution in [0.4, 0.5) is 13.2 Å². The Balaban J connectivity index is 0.00000486. The molecule has 1 heterocycles. The van der Waals surface area contributed by atoms with Gasteiger partial charge in [-0.2, -0.15) is 13.2 Å². The summed E-state index contributed by atoms with van der Waals surface area (Å²) in [7, 11) is -1.81. The second-order valence-corrected chi connectivity index (χ2v) is 16.3. The van der Waals surface area contributed by atoms with E-state index >= 15 is 0 Å². The summed E-state index contributed by atoms with van der Waals surface area (Å²) in [6, 6.07) is 39.0. The number of rotatable bonds is 15. The Bertz CT molecular complexity index is 1780. The van der Waals surface area contributed by atoms with E-state index in [9.17, 15) is 22.8 Å². The lowest BCUT2D eigenvalue weighted by molar-refractivity contribution is -0.147. The summed E-state index contributed by atoms with van der Waals surface area (Å²) >= 11 is 0. The molecule has 0 atom stereocenters. The normalized spacial score (nSPS) is 12.7. The number of halogens is 4. The number of carbonyl (C=O) groups excluding carboxylic acids is 2. The average molecular weight is 809 g/mol. The van der Waals surface area contributed by atoms with Crippen LogP contribution in [0, 0.1) is 0 Å². The molecule has 4 nitrogen and oxygen atoms in total. The van der Waals surface area contributed by atoms with Crippen LogP contribution in [0.25, 0.3) is 0 Å². The molecule has 6 rings (SSSR count). The number of benzene rings is 4. The van der Waals surface area contributed by atoms with E-state index in [1.54, 1.807) is 12.1 Å². The first kappa shape index (κ1) is 37.6. The lowest BCUT2D eigenvalue weighted by Crippen LogP contribution is -3.00. The fourth-order valence-electron chi connectivity index (χ4n) is 7.15. The van der Waals surface area contributed by atoms with E-state index in [2.05, 4.69) is 96.0 Å². The van der Waals surface area contributed by atoms with Crippen LogP contribution in [-0.2, 0) is 12.7 Å². The van der Waals surface area contributed by atoms with Gasteiger partial charge in [0.15, 0.2) is 0 Å². The molecule has 0 saturated carbocycles. The maximum atomic E-state index is 13.9. The van der Waals surface area contributed by atoms with E-state index in [1.807, 2.05) is 0 Å². The van der Waals surface area contributed by atoms with Gasteiger partial charge in [0.05, 0.1) is 6.16 Å². The minimum absolute atomic E-state index is 0. The quantitative estimate of drug-likeness (QED) is 0.0708. The molecule has 0 fully saturated rings. The van der Waals surface area contributed by atoms with Gasteiger partial charge in [-0.15, -0.1) is 0 Å². The predicted octanol–water partition coefficient (Wildman–Crippen LogP) is 6.19. The van der Waals surface area contributed by atoms with Crippen molar-refractivity contribution in [2.24, 2.45) is 0 Å². The van der Waals surface area contributed by atoms with Crippen LogP contribution in [0.3, 0.4) is 0 Å². The van der Waals surface area contributed by atoms with Crippen LogP contribution < -0.4 is 39.9 Å². The number of hydrogen-bond acceptors (Lipinski definition) is 3. The molecule has 5 aromatic rings. The van der Waals surface area contributed by atoms with Gasteiger partial charge in [0.1, 0.15) is 34.6 Å². The first-order valence-corrected chi connectivity index (χ1v) is 19.2. The van der Waals surface area contributed by atoms with Crippen molar-refractivity contribution in [2.75, 3.05) is 6.16 Å². The Morgan fingerprint density at radius 2 is 0.940 bits per heavy atom.